The first-order chi connectivity index (χ1) is 9.59. The normalized spacial score (nSPS) is 19.9. The predicted octanol–water partition coefficient (Wildman–Crippen LogP) is 2.09. The molecule has 2 fully saturated rings. The molecular weight excluding hydrogens is 250 g/mol. The van der Waals surface area contributed by atoms with E-state index < -0.39 is 0 Å². The van der Waals surface area contributed by atoms with Crippen molar-refractivity contribution in [1.29, 1.82) is 0 Å². The summed E-state index contributed by atoms with van der Waals surface area (Å²) >= 11 is 0. The lowest BCUT2D eigenvalue weighted by molar-refractivity contribution is -0.122. The second-order valence-electron chi connectivity index (χ2n) is 6.42. The largest absolute Gasteiger partial charge is 0.352 e. The first-order valence-electron chi connectivity index (χ1n) is 7.60. The van der Waals surface area contributed by atoms with Crippen LogP contribution in [0.2, 0.25) is 0 Å². The highest BCUT2D eigenvalue weighted by molar-refractivity contribution is 5.80. The molecule has 4 heteroatoms. The monoisotopic (exact) mass is 273 g/mol. The molecule has 1 aromatic heterocycles. The number of hydrogen-bond acceptors (Lipinski definition) is 3. The zero-order chi connectivity index (χ0) is 14.2. The van der Waals surface area contributed by atoms with Crippen molar-refractivity contribution < 1.29 is 4.79 Å². The van der Waals surface area contributed by atoms with E-state index in [-0.39, 0.29) is 17.4 Å². The summed E-state index contributed by atoms with van der Waals surface area (Å²) in [7, 11) is 0. The van der Waals surface area contributed by atoms with Gasteiger partial charge in [0.1, 0.15) is 0 Å². The van der Waals surface area contributed by atoms with Crippen LogP contribution >= 0.6 is 0 Å². The van der Waals surface area contributed by atoms with Gasteiger partial charge in [-0.15, -0.1) is 0 Å². The number of carbonyl (C=O) groups is 1. The predicted molar refractivity (Wildman–Crippen MR) is 78.0 cm³/mol. The lowest BCUT2D eigenvalue weighted by atomic mass is 10.1. The zero-order valence-electron chi connectivity index (χ0n) is 12.3. The van der Waals surface area contributed by atoms with Crippen molar-refractivity contribution in [3.8, 4) is 0 Å². The molecule has 0 aliphatic heterocycles. The molecule has 1 amide bonds. The summed E-state index contributed by atoms with van der Waals surface area (Å²) in [6.07, 6.45) is 6.31. The molecule has 2 aliphatic carbocycles. The number of nitrogens with one attached hydrogen (secondary N) is 2. The van der Waals surface area contributed by atoms with Crippen LogP contribution < -0.4 is 10.6 Å². The number of nitrogens with zero attached hydrogens (tertiary/aromatic N) is 1. The fraction of sp³-hybridized carbons (Fsp3) is 0.625. The summed E-state index contributed by atoms with van der Waals surface area (Å²) in [5.41, 5.74) is 2.30. The van der Waals surface area contributed by atoms with Crippen molar-refractivity contribution in [1.82, 2.24) is 15.6 Å². The minimum absolute atomic E-state index is 0.101. The number of hydrogen-bond donors (Lipinski definition) is 2. The van der Waals surface area contributed by atoms with Crippen molar-refractivity contribution in [2.24, 2.45) is 5.92 Å². The van der Waals surface area contributed by atoms with E-state index in [1.807, 2.05) is 6.20 Å². The number of amides is 1. The summed E-state index contributed by atoms with van der Waals surface area (Å²) in [5, 5.41) is 6.58. The Hall–Kier alpha value is -1.42. The van der Waals surface area contributed by atoms with E-state index >= 15 is 0 Å². The van der Waals surface area contributed by atoms with Crippen LogP contribution in [0.15, 0.2) is 18.3 Å². The summed E-state index contributed by atoms with van der Waals surface area (Å²) < 4.78 is 0. The third kappa shape index (κ3) is 3.01. The van der Waals surface area contributed by atoms with Gasteiger partial charge in [0.25, 0.3) is 0 Å². The van der Waals surface area contributed by atoms with Crippen LogP contribution in [0.25, 0.3) is 0 Å². The van der Waals surface area contributed by atoms with Crippen molar-refractivity contribution in [2.45, 2.75) is 57.7 Å². The first-order valence-corrected chi connectivity index (χ1v) is 7.60. The Morgan fingerprint density at radius 2 is 2.15 bits per heavy atom. The van der Waals surface area contributed by atoms with Gasteiger partial charge in [0.05, 0.1) is 11.2 Å². The highest BCUT2D eigenvalue weighted by atomic mass is 16.2. The Morgan fingerprint density at radius 3 is 2.65 bits per heavy atom. The number of rotatable bonds is 6. The SMILES string of the molecule is CC(C)NC1(c2ccc(CNC(=O)C3CC3)cn2)CC1. The van der Waals surface area contributed by atoms with Gasteiger partial charge in [0.15, 0.2) is 0 Å². The topological polar surface area (TPSA) is 54.0 Å². The lowest BCUT2D eigenvalue weighted by Gasteiger charge is -2.20. The van der Waals surface area contributed by atoms with Crippen LogP contribution in [0.5, 0.6) is 0 Å². The maximum atomic E-state index is 11.6. The Labute approximate surface area is 120 Å². The maximum absolute atomic E-state index is 11.6. The van der Waals surface area contributed by atoms with Gasteiger partial charge in [0, 0.05) is 24.7 Å². The number of carbonyl (C=O) groups excluding carboxylic acids is 1. The number of pyridine rings is 1. The molecule has 2 N–H and O–H groups in total. The molecule has 0 unspecified atom stereocenters. The summed E-state index contributed by atoms with van der Waals surface area (Å²) in [4.78, 5) is 16.2. The van der Waals surface area contributed by atoms with E-state index in [1.54, 1.807) is 0 Å². The minimum Gasteiger partial charge on any atom is -0.352 e. The van der Waals surface area contributed by atoms with E-state index in [2.05, 4.69) is 41.6 Å². The fourth-order valence-electron chi connectivity index (χ4n) is 2.64. The molecule has 3 rings (SSSR count). The minimum atomic E-state index is 0.101. The Balaban J connectivity index is 1.58. The molecule has 108 valence electrons. The van der Waals surface area contributed by atoms with E-state index in [0.29, 0.717) is 12.6 Å². The van der Waals surface area contributed by atoms with E-state index in [0.717, 1.165) is 36.9 Å². The maximum Gasteiger partial charge on any atom is 0.223 e. The summed E-state index contributed by atoms with van der Waals surface area (Å²) in [6, 6.07) is 4.65. The van der Waals surface area contributed by atoms with Crippen LogP contribution in [-0.4, -0.2) is 16.9 Å². The summed E-state index contributed by atoms with van der Waals surface area (Å²) in [5.74, 6) is 0.460. The molecule has 0 spiro atoms. The van der Waals surface area contributed by atoms with Crippen LogP contribution in [-0.2, 0) is 16.9 Å². The molecule has 20 heavy (non-hydrogen) atoms. The molecule has 0 atom stereocenters. The van der Waals surface area contributed by atoms with Crippen LogP contribution in [0.4, 0.5) is 0 Å². The van der Waals surface area contributed by atoms with Gasteiger partial charge in [-0.1, -0.05) is 6.07 Å². The van der Waals surface area contributed by atoms with Crippen molar-refractivity contribution in [3.05, 3.63) is 29.6 Å². The Morgan fingerprint density at radius 1 is 1.40 bits per heavy atom. The highest BCUT2D eigenvalue weighted by Gasteiger charge is 2.45. The van der Waals surface area contributed by atoms with E-state index in [9.17, 15) is 4.79 Å². The third-order valence-electron chi connectivity index (χ3n) is 4.04. The zero-order valence-corrected chi connectivity index (χ0v) is 12.3. The average molecular weight is 273 g/mol. The van der Waals surface area contributed by atoms with E-state index in [4.69, 9.17) is 0 Å². The van der Waals surface area contributed by atoms with Crippen LogP contribution in [0.1, 0.15) is 50.8 Å². The van der Waals surface area contributed by atoms with Gasteiger partial charge in [-0.2, -0.15) is 0 Å². The van der Waals surface area contributed by atoms with Gasteiger partial charge in [0.2, 0.25) is 5.91 Å². The first kappa shape index (κ1) is 13.6. The molecule has 1 heterocycles. The van der Waals surface area contributed by atoms with Gasteiger partial charge in [-0.25, -0.2) is 0 Å². The van der Waals surface area contributed by atoms with Gasteiger partial charge in [-0.05, 0) is 51.2 Å². The van der Waals surface area contributed by atoms with Gasteiger partial charge < -0.3 is 10.6 Å². The Kier molecular flexibility index (Phi) is 3.50. The molecule has 2 saturated carbocycles. The standard InChI is InChI=1S/C16H23N3O/c1-11(2)19-16(7-8-16)14-6-3-12(9-17-14)10-18-15(20)13-4-5-13/h3,6,9,11,13,19H,4-5,7-8,10H2,1-2H3,(H,18,20). The molecule has 2 aliphatic rings. The van der Waals surface area contributed by atoms with E-state index in [1.165, 1.54) is 0 Å². The lowest BCUT2D eigenvalue weighted by Crippen LogP contribution is -2.35. The molecular formula is C16H23N3O. The van der Waals surface area contributed by atoms with Crippen LogP contribution in [0.3, 0.4) is 0 Å². The molecule has 1 aromatic rings. The van der Waals surface area contributed by atoms with Crippen molar-refractivity contribution in [3.63, 3.8) is 0 Å². The molecule has 0 radical (unpaired) electrons. The van der Waals surface area contributed by atoms with Crippen molar-refractivity contribution in [2.75, 3.05) is 0 Å². The van der Waals surface area contributed by atoms with Gasteiger partial charge >= 0.3 is 0 Å². The second-order valence-corrected chi connectivity index (χ2v) is 6.42. The molecule has 0 saturated heterocycles. The molecule has 4 nitrogen and oxygen atoms in total. The second kappa shape index (κ2) is 5.17. The van der Waals surface area contributed by atoms with Crippen molar-refractivity contribution >= 4 is 5.91 Å². The molecule has 0 aromatic carbocycles. The fourth-order valence-corrected chi connectivity index (χ4v) is 2.64. The third-order valence-corrected chi connectivity index (χ3v) is 4.04. The smallest absolute Gasteiger partial charge is 0.223 e. The highest BCUT2D eigenvalue weighted by Crippen LogP contribution is 2.44. The Bertz CT molecular complexity index is 487. The molecule has 0 bridgehead atoms. The van der Waals surface area contributed by atoms with Gasteiger partial charge in [-0.3, -0.25) is 9.78 Å². The quantitative estimate of drug-likeness (QED) is 0.834. The average Bonchev–Trinajstić information content (AvgIpc) is 3.29. The van der Waals surface area contributed by atoms with Crippen LogP contribution in [0, 0.1) is 5.92 Å². The number of aromatic nitrogens is 1. The summed E-state index contributed by atoms with van der Waals surface area (Å²) in [6.45, 7) is 4.93.